The predicted octanol–water partition coefficient (Wildman–Crippen LogP) is 2.98. The van der Waals surface area contributed by atoms with Crippen molar-refractivity contribution in [2.45, 2.75) is 13.0 Å². The summed E-state index contributed by atoms with van der Waals surface area (Å²) in [7, 11) is 0. The summed E-state index contributed by atoms with van der Waals surface area (Å²) in [5.41, 5.74) is 4.14. The quantitative estimate of drug-likeness (QED) is 0.898. The number of benzene rings is 2. The van der Waals surface area contributed by atoms with E-state index in [2.05, 4.69) is 10.3 Å². The molecule has 0 aliphatic carbocycles. The normalized spacial score (nSPS) is 19.1. The van der Waals surface area contributed by atoms with Crippen LogP contribution in [0.4, 0.5) is 0 Å². The van der Waals surface area contributed by atoms with Crippen LogP contribution in [-0.4, -0.2) is 29.0 Å². The van der Waals surface area contributed by atoms with Crippen LogP contribution < -0.4 is 5.32 Å². The standard InChI is InChI=1S/C22H19N3O2/c1-15(26)25-13-12-18-20(16-8-4-2-5-9-16)23-14-19(27)24-21(18)22(25)17-10-6-3-7-11-17/h2-13,22H,14H2,1H3,(H,24,27). The summed E-state index contributed by atoms with van der Waals surface area (Å²) >= 11 is 0. The highest BCUT2D eigenvalue weighted by atomic mass is 16.2. The van der Waals surface area contributed by atoms with Crippen molar-refractivity contribution in [1.82, 2.24) is 10.2 Å². The summed E-state index contributed by atoms with van der Waals surface area (Å²) in [5, 5.41) is 2.99. The Morgan fingerprint density at radius 3 is 2.41 bits per heavy atom. The van der Waals surface area contributed by atoms with Crippen LogP contribution in [0.2, 0.25) is 0 Å². The first kappa shape index (κ1) is 17.0. The molecule has 5 heteroatoms. The van der Waals surface area contributed by atoms with Crippen LogP contribution in [0, 0.1) is 0 Å². The molecule has 1 unspecified atom stereocenters. The maximum atomic E-state index is 12.4. The van der Waals surface area contributed by atoms with Gasteiger partial charge in [0.1, 0.15) is 12.6 Å². The Morgan fingerprint density at radius 1 is 1.07 bits per heavy atom. The molecular formula is C22H19N3O2. The van der Waals surface area contributed by atoms with Gasteiger partial charge in [-0.1, -0.05) is 60.7 Å². The molecule has 0 radical (unpaired) electrons. The number of hydrogen-bond donors (Lipinski definition) is 1. The van der Waals surface area contributed by atoms with Crippen molar-refractivity contribution in [1.29, 1.82) is 0 Å². The minimum atomic E-state index is -0.403. The molecule has 0 aromatic heterocycles. The summed E-state index contributed by atoms with van der Waals surface area (Å²) in [6, 6.07) is 19.1. The fourth-order valence-electron chi connectivity index (χ4n) is 3.48. The van der Waals surface area contributed by atoms with Crippen molar-refractivity contribution in [3.8, 4) is 0 Å². The summed E-state index contributed by atoms with van der Waals surface area (Å²) in [6.45, 7) is 1.57. The predicted molar refractivity (Wildman–Crippen MR) is 104 cm³/mol. The van der Waals surface area contributed by atoms with Gasteiger partial charge in [-0.05, 0) is 11.6 Å². The third kappa shape index (κ3) is 3.19. The molecule has 5 nitrogen and oxygen atoms in total. The molecule has 4 rings (SSSR count). The number of hydrogen-bond acceptors (Lipinski definition) is 3. The molecule has 2 amide bonds. The third-order valence-electron chi connectivity index (χ3n) is 4.68. The molecule has 2 aromatic rings. The van der Waals surface area contributed by atoms with Gasteiger partial charge >= 0.3 is 0 Å². The van der Waals surface area contributed by atoms with E-state index >= 15 is 0 Å². The second-order valence-corrected chi connectivity index (χ2v) is 6.46. The van der Waals surface area contributed by atoms with Gasteiger partial charge in [0.2, 0.25) is 11.8 Å². The largest absolute Gasteiger partial charge is 0.325 e. The minimum absolute atomic E-state index is 0.0483. The van der Waals surface area contributed by atoms with Crippen molar-refractivity contribution < 1.29 is 9.59 Å². The maximum absolute atomic E-state index is 12.4. The Kier molecular flexibility index (Phi) is 4.42. The highest BCUT2D eigenvalue weighted by Crippen LogP contribution is 2.35. The zero-order valence-corrected chi connectivity index (χ0v) is 14.9. The second-order valence-electron chi connectivity index (χ2n) is 6.46. The maximum Gasteiger partial charge on any atom is 0.245 e. The summed E-state index contributed by atoms with van der Waals surface area (Å²) in [4.78, 5) is 30.9. The van der Waals surface area contributed by atoms with Gasteiger partial charge in [0, 0.05) is 24.3 Å². The highest BCUT2D eigenvalue weighted by Gasteiger charge is 2.33. The lowest BCUT2D eigenvalue weighted by molar-refractivity contribution is -0.128. The molecule has 2 aliphatic rings. The number of nitrogens with one attached hydrogen (secondary N) is 1. The molecule has 1 N–H and O–H groups in total. The van der Waals surface area contributed by atoms with E-state index in [1.54, 1.807) is 11.1 Å². The van der Waals surface area contributed by atoms with Crippen molar-refractivity contribution in [3.63, 3.8) is 0 Å². The molecule has 2 aliphatic heterocycles. The Hall–Kier alpha value is -3.47. The highest BCUT2D eigenvalue weighted by molar-refractivity contribution is 6.16. The SMILES string of the molecule is CC(=O)N1C=CC2=C(NC(=O)CN=C2c2ccccc2)C1c1ccccc1. The van der Waals surface area contributed by atoms with Gasteiger partial charge in [0.05, 0.1) is 11.4 Å². The van der Waals surface area contributed by atoms with Crippen molar-refractivity contribution in [2.24, 2.45) is 4.99 Å². The summed E-state index contributed by atoms with van der Waals surface area (Å²) in [5.74, 6) is -0.281. The number of aliphatic imine (C=N–C) groups is 1. The zero-order chi connectivity index (χ0) is 18.8. The van der Waals surface area contributed by atoms with Crippen molar-refractivity contribution in [3.05, 3.63) is 95.3 Å². The molecule has 0 saturated carbocycles. The zero-order valence-electron chi connectivity index (χ0n) is 14.9. The van der Waals surface area contributed by atoms with E-state index in [-0.39, 0.29) is 18.4 Å². The lowest BCUT2D eigenvalue weighted by Gasteiger charge is -2.34. The van der Waals surface area contributed by atoms with Gasteiger partial charge in [-0.25, -0.2) is 0 Å². The topological polar surface area (TPSA) is 61.8 Å². The molecule has 27 heavy (non-hydrogen) atoms. The molecule has 0 saturated heterocycles. The van der Waals surface area contributed by atoms with Gasteiger partial charge in [-0.15, -0.1) is 0 Å². The monoisotopic (exact) mass is 357 g/mol. The average molecular weight is 357 g/mol. The van der Waals surface area contributed by atoms with Gasteiger partial charge in [0.25, 0.3) is 0 Å². The number of allylic oxidation sites excluding steroid dienone is 2. The van der Waals surface area contributed by atoms with Gasteiger partial charge < -0.3 is 10.2 Å². The molecule has 0 bridgehead atoms. The Morgan fingerprint density at radius 2 is 1.74 bits per heavy atom. The average Bonchev–Trinajstić information content (AvgIpc) is 2.86. The van der Waals surface area contributed by atoms with E-state index in [1.807, 2.05) is 66.7 Å². The van der Waals surface area contributed by atoms with E-state index in [0.29, 0.717) is 5.70 Å². The molecule has 1 atom stereocenters. The summed E-state index contributed by atoms with van der Waals surface area (Å²) in [6.07, 6.45) is 3.63. The third-order valence-corrected chi connectivity index (χ3v) is 4.68. The van der Waals surface area contributed by atoms with Gasteiger partial charge in [0.15, 0.2) is 0 Å². The van der Waals surface area contributed by atoms with E-state index in [0.717, 1.165) is 22.4 Å². The molecule has 0 fully saturated rings. The van der Waals surface area contributed by atoms with Crippen LogP contribution >= 0.6 is 0 Å². The fourth-order valence-corrected chi connectivity index (χ4v) is 3.48. The number of amides is 2. The van der Waals surface area contributed by atoms with Crippen LogP contribution in [-0.2, 0) is 9.59 Å². The lowest BCUT2D eigenvalue weighted by Crippen LogP contribution is -2.39. The molecule has 2 aromatic carbocycles. The van der Waals surface area contributed by atoms with E-state index < -0.39 is 6.04 Å². The lowest BCUT2D eigenvalue weighted by atomic mass is 9.91. The van der Waals surface area contributed by atoms with Crippen LogP contribution in [0.3, 0.4) is 0 Å². The van der Waals surface area contributed by atoms with Gasteiger partial charge in [-0.2, -0.15) is 0 Å². The molecule has 134 valence electrons. The number of carbonyl (C=O) groups excluding carboxylic acids is 2. The van der Waals surface area contributed by atoms with Crippen molar-refractivity contribution in [2.75, 3.05) is 6.54 Å². The van der Waals surface area contributed by atoms with Crippen LogP contribution in [0.15, 0.2) is 89.2 Å². The van der Waals surface area contributed by atoms with E-state index in [9.17, 15) is 9.59 Å². The Labute approximate surface area is 157 Å². The Balaban J connectivity index is 1.91. The first-order valence-electron chi connectivity index (χ1n) is 8.81. The van der Waals surface area contributed by atoms with E-state index in [1.165, 1.54) is 6.92 Å². The Bertz CT molecular complexity index is 975. The first-order valence-corrected chi connectivity index (χ1v) is 8.81. The summed E-state index contributed by atoms with van der Waals surface area (Å²) < 4.78 is 0. The molecule has 0 spiro atoms. The molecule has 2 heterocycles. The fraction of sp³-hybridized carbons (Fsp3) is 0.136. The van der Waals surface area contributed by atoms with Crippen LogP contribution in [0.5, 0.6) is 0 Å². The second kappa shape index (κ2) is 7.03. The first-order chi connectivity index (χ1) is 13.1. The van der Waals surface area contributed by atoms with Crippen molar-refractivity contribution >= 4 is 17.5 Å². The number of rotatable bonds is 2. The minimum Gasteiger partial charge on any atom is -0.325 e. The van der Waals surface area contributed by atoms with Crippen LogP contribution in [0.1, 0.15) is 24.1 Å². The number of carbonyl (C=O) groups is 2. The van der Waals surface area contributed by atoms with Gasteiger partial charge in [-0.3, -0.25) is 14.6 Å². The molecular weight excluding hydrogens is 338 g/mol. The number of nitrogens with zero attached hydrogens (tertiary/aromatic N) is 2. The smallest absolute Gasteiger partial charge is 0.245 e. The van der Waals surface area contributed by atoms with E-state index in [4.69, 9.17) is 0 Å². The van der Waals surface area contributed by atoms with Crippen LogP contribution in [0.25, 0.3) is 0 Å².